The third-order valence-electron chi connectivity index (χ3n) is 7.60. The van der Waals surface area contributed by atoms with Gasteiger partial charge in [0.15, 0.2) is 0 Å². The molecule has 0 bridgehead atoms. The lowest BCUT2D eigenvalue weighted by Crippen LogP contribution is -2.05. The molecule has 3 aromatic rings. The Hall–Kier alpha value is -8.76. The molecule has 0 unspecified atom stereocenters. The van der Waals surface area contributed by atoms with Crippen molar-refractivity contribution < 1.29 is 13.2 Å². The van der Waals surface area contributed by atoms with E-state index in [4.69, 9.17) is 0 Å². The number of hydrogen-bond acceptors (Lipinski definition) is 11. The number of benzene rings is 2. The minimum atomic E-state index is -1.29. The van der Waals surface area contributed by atoms with Gasteiger partial charge >= 0.3 is 0 Å². The number of allylic oxidation sites excluding steroid dienone is 8. The van der Waals surface area contributed by atoms with Crippen LogP contribution >= 0.6 is 0 Å². The number of halogens is 3. The van der Waals surface area contributed by atoms with Gasteiger partial charge in [-0.2, -0.15) is 57.0 Å². The number of nitriles is 10. The van der Waals surface area contributed by atoms with E-state index in [1.807, 2.05) is 18.2 Å². The molecule has 2 aromatic carbocycles. The van der Waals surface area contributed by atoms with E-state index in [1.165, 1.54) is 6.07 Å². The molecule has 0 radical (unpaired) electrons. The van der Waals surface area contributed by atoms with Crippen molar-refractivity contribution in [1.29, 1.82) is 52.6 Å². The molecule has 11 nitrogen and oxygen atoms in total. The molecule has 5 rings (SSSR count). The van der Waals surface area contributed by atoms with Crippen molar-refractivity contribution in [2.45, 2.75) is 0 Å². The van der Waals surface area contributed by atoms with Crippen LogP contribution in [0.2, 0.25) is 0 Å². The molecular formula is C35H4F3N11. The normalized spacial score (nSPS) is 11.9. The van der Waals surface area contributed by atoms with Gasteiger partial charge < -0.3 is 0 Å². The van der Waals surface area contributed by atoms with Gasteiger partial charge in [-0.1, -0.05) is 0 Å². The van der Waals surface area contributed by atoms with Gasteiger partial charge in [0.05, 0.1) is 33.4 Å². The van der Waals surface area contributed by atoms with E-state index in [0.717, 1.165) is 12.3 Å². The van der Waals surface area contributed by atoms with Gasteiger partial charge in [0.1, 0.15) is 83.5 Å². The summed E-state index contributed by atoms with van der Waals surface area (Å²) >= 11 is 0. The molecular weight excluding hydrogens is 631 g/mol. The Morgan fingerprint density at radius 1 is 0.490 bits per heavy atom. The maximum absolute atomic E-state index is 15.6. The minimum absolute atomic E-state index is 0.343. The topological polar surface area (TPSA) is 251 Å². The molecule has 0 spiro atoms. The van der Waals surface area contributed by atoms with Crippen molar-refractivity contribution in [3.8, 4) is 60.7 Å². The summed E-state index contributed by atoms with van der Waals surface area (Å²) in [6, 6.07) is 18.5. The Morgan fingerprint density at radius 2 is 0.959 bits per heavy atom. The van der Waals surface area contributed by atoms with Crippen molar-refractivity contribution in [2.75, 3.05) is 0 Å². The molecule has 220 valence electrons. The highest BCUT2D eigenvalue weighted by molar-refractivity contribution is 6.32. The molecule has 1 aromatic heterocycles. The van der Waals surface area contributed by atoms with E-state index in [0.29, 0.717) is 12.1 Å². The Bertz CT molecular complexity index is 2710. The lowest BCUT2D eigenvalue weighted by atomic mass is 9.82. The summed E-state index contributed by atoms with van der Waals surface area (Å²) < 4.78 is 45.1. The van der Waals surface area contributed by atoms with Gasteiger partial charge in [-0.25, -0.2) is 13.8 Å². The number of fused-ring (bicyclic) bond motifs is 2. The molecule has 49 heavy (non-hydrogen) atoms. The smallest absolute Gasteiger partial charge is 0.213 e. The van der Waals surface area contributed by atoms with Crippen LogP contribution in [0.5, 0.6) is 0 Å². The quantitative estimate of drug-likeness (QED) is 0.251. The Labute approximate surface area is 273 Å². The first kappa shape index (κ1) is 31.7. The van der Waals surface area contributed by atoms with E-state index in [-0.39, 0.29) is 11.1 Å². The molecule has 0 amide bonds. The first-order chi connectivity index (χ1) is 23.7. The van der Waals surface area contributed by atoms with Crippen molar-refractivity contribution in [1.82, 2.24) is 4.98 Å². The van der Waals surface area contributed by atoms with Crippen LogP contribution in [0.15, 0.2) is 35.5 Å². The minimum Gasteiger partial charge on any atom is -0.227 e. The first-order valence-electron chi connectivity index (χ1n) is 13.1. The molecule has 14 heteroatoms. The SMILES string of the molecule is N#CC(C#N)=C1C(c2cc(F)c(C#N)cc2F)=C(C#N)c2c(C#N)c3c(c(C#N)c21)C(=C(C#N)C#N)C(c1cc(F)ncc1C#N)=C3C#N. The number of hydrogen-bond donors (Lipinski definition) is 0. The van der Waals surface area contributed by atoms with Crippen LogP contribution in [0.25, 0.3) is 33.4 Å². The zero-order chi connectivity index (χ0) is 35.7. The third-order valence-corrected chi connectivity index (χ3v) is 7.60. The maximum atomic E-state index is 15.6. The van der Waals surface area contributed by atoms with Crippen LogP contribution in [0.4, 0.5) is 13.2 Å². The van der Waals surface area contributed by atoms with Crippen LogP contribution < -0.4 is 0 Å². The standard InChI is InChI=1S/C35H4F3N11/c36-25-2-20(26(37)1-15(25)4-39)31-22(11-46)33-23(12-47)32-21(10-45)30(19-3-27(38)49-14-18(19)9-44)28(16(5-40)6-41)34(32)24(13-48)35(33)29(31)17(7-42)8-43/h1-3,14H. The van der Waals surface area contributed by atoms with E-state index >= 15 is 4.39 Å². The highest BCUT2D eigenvalue weighted by Gasteiger charge is 2.44. The summed E-state index contributed by atoms with van der Waals surface area (Å²) in [6.07, 6.45) is 0.809. The molecule has 2 aliphatic rings. The van der Waals surface area contributed by atoms with Crippen molar-refractivity contribution in [3.05, 3.63) is 109 Å². The second-order valence-corrected chi connectivity index (χ2v) is 9.73. The zero-order valence-electron chi connectivity index (χ0n) is 23.9. The van der Waals surface area contributed by atoms with Crippen LogP contribution in [0, 0.1) is 131 Å². The van der Waals surface area contributed by atoms with Crippen molar-refractivity contribution >= 4 is 33.4 Å². The van der Waals surface area contributed by atoms with Gasteiger partial charge in [-0.15, -0.1) is 0 Å². The third kappa shape index (κ3) is 4.32. The summed E-state index contributed by atoms with van der Waals surface area (Å²) in [4.78, 5) is 3.41. The highest BCUT2D eigenvalue weighted by atomic mass is 19.1. The lowest BCUT2D eigenvalue weighted by Gasteiger charge is -2.16. The first-order valence-corrected chi connectivity index (χ1v) is 13.1. The number of nitrogens with zero attached hydrogens (tertiary/aromatic N) is 11. The van der Waals surface area contributed by atoms with Gasteiger partial charge in [0.2, 0.25) is 5.95 Å². The zero-order valence-corrected chi connectivity index (χ0v) is 23.9. The monoisotopic (exact) mass is 635 g/mol. The predicted molar refractivity (Wildman–Crippen MR) is 157 cm³/mol. The fourth-order valence-corrected chi connectivity index (χ4v) is 5.81. The molecule has 0 aliphatic heterocycles. The molecule has 0 fully saturated rings. The fraction of sp³-hybridized carbons (Fsp3) is 0. The van der Waals surface area contributed by atoms with Gasteiger partial charge in [0, 0.05) is 67.9 Å². The molecule has 0 saturated carbocycles. The second-order valence-electron chi connectivity index (χ2n) is 9.73. The summed E-state index contributed by atoms with van der Waals surface area (Å²) in [5.41, 5.74) is -10.2. The Morgan fingerprint density at radius 3 is 1.39 bits per heavy atom. The Kier molecular flexibility index (Phi) is 7.73. The van der Waals surface area contributed by atoms with Gasteiger partial charge in [0.25, 0.3) is 0 Å². The number of pyridine rings is 1. The largest absolute Gasteiger partial charge is 0.227 e. The van der Waals surface area contributed by atoms with E-state index < -0.39 is 107 Å². The van der Waals surface area contributed by atoms with Crippen LogP contribution in [-0.4, -0.2) is 4.98 Å². The van der Waals surface area contributed by atoms with Gasteiger partial charge in [-0.3, -0.25) is 0 Å². The Balaban J connectivity index is 2.16. The number of aromatic nitrogens is 1. The maximum Gasteiger partial charge on any atom is 0.213 e. The molecule has 2 aliphatic carbocycles. The van der Waals surface area contributed by atoms with E-state index in [1.54, 1.807) is 36.4 Å². The van der Waals surface area contributed by atoms with Crippen molar-refractivity contribution in [2.24, 2.45) is 0 Å². The van der Waals surface area contributed by atoms with Crippen LogP contribution in [0.3, 0.4) is 0 Å². The van der Waals surface area contributed by atoms with Crippen LogP contribution in [0.1, 0.15) is 55.6 Å². The van der Waals surface area contributed by atoms with Gasteiger partial charge in [-0.05, 0) is 12.1 Å². The van der Waals surface area contributed by atoms with Crippen molar-refractivity contribution in [3.63, 3.8) is 0 Å². The average molecular weight is 635 g/mol. The number of rotatable bonds is 2. The summed E-state index contributed by atoms with van der Waals surface area (Å²) in [5, 5.41) is 101. The van der Waals surface area contributed by atoms with E-state index in [2.05, 4.69) is 4.98 Å². The molecule has 0 atom stereocenters. The average Bonchev–Trinajstić information content (AvgIpc) is 3.62. The molecule has 0 saturated heterocycles. The second kappa shape index (κ2) is 12.0. The lowest BCUT2D eigenvalue weighted by molar-refractivity contribution is 0.583. The molecule has 1 heterocycles. The summed E-state index contributed by atoms with van der Waals surface area (Å²) in [6.45, 7) is 0. The fourth-order valence-electron chi connectivity index (χ4n) is 5.81. The van der Waals surface area contributed by atoms with Crippen LogP contribution in [-0.2, 0) is 0 Å². The summed E-state index contributed by atoms with van der Waals surface area (Å²) in [7, 11) is 0. The highest BCUT2D eigenvalue weighted by Crippen LogP contribution is 2.58. The van der Waals surface area contributed by atoms with E-state index in [9.17, 15) is 61.4 Å². The summed E-state index contributed by atoms with van der Waals surface area (Å²) in [5.74, 6) is -3.69. The predicted octanol–water partition coefficient (Wildman–Crippen LogP) is 5.48. The molecule has 0 N–H and O–H groups in total.